The fourth-order valence-corrected chi connectivity index (χ4v) is 4.14. The molecular weight excluding hydrogens is 441 g/mol. The number of halogens is 2. The van der Waals surface area contributed by atoms with Crippen LogP contribution in [0.1, 0.15) is 24.1 Å². The number of fused-ring (bicyclic) bond motifs is 2. The lowest BCUT2D eigenvalue weighted by molar-refractivity contribution is 0.340. The summed E-state index contributed by atoms with van der Waals surface area (Å²) in [5.41, 5.74) is 2.46. The van der Waals surface area contributed by atoms with E-state index >= 15 is 0 Å². The van der Waals surface area contributed by atoms with Crippen LogP contribution >= 0.6 is 23.2 Å². The third-order valence-corrected chi connectivity index (χ3v) is 5.51. The Morgan fingerprint density at radius 1 is 1.16 bits per heavy atom. The van der Waals surface area contributed by atoms with Gasteiger partial charge in [0.15, 0.2) is 0 Å². The molecule has 4 aromatic rings. The molecule has 11 heteroatoms. The molecule has 0 aliphatic carbocycles. The van der Waals surface area contributed by atoms with E-state index in [4.69, 9.17) is 27.9 Å². The smallest absolute Gasteiger partial charge is 0.288 e. The molecule has 156 valence electrons. The lowest BCUT2D eigenvalue weighted by atomic mass is 9.92. The normalized spacial score (nSPS) is 14.5. The van der Waals surface area contributed by atoms with E-state index < -0.39 is 11.6 Å². The first kappa shape index (κ1) is 19.5. The Hall–Kier alpha value is -3.43. The predicted octanol–water partition coefficient (Wildman–Crippen LogP) is 3.82. The zero-order valence-corrected chi connectivity index (χ0v) is 17.6. The topological polar surface area (TPSA) is 111 Å². The summed E-state index contributed by atoms with van der Waals surface area (Å²) in [5.74, 6) is 1.08. The Labute approximate surface area is 186 Å². The van der Waals surface area contributed by atoms with Gasteiger partial charge >= 0.3 is 0 Å². The van der Waals surface area contributed by atoms with E-state index in [-0.39, 0.29) is 0 Å². The first-order chi connectivity index (χ1) is 15.1. The van der Waals surface area contributed by atoms with E-state index in [9.17, 15) is 4.79 Å². The number of H-pyrrole nitrogens is 1. The van der Waals surface area contributed by atoms with Crippen LogP contribution in [0.25, 0.3) is 11.3 Å². The molecule has 2 N–H and O–H groups in total. The quantitative estimate of drug-likeness (QED) is 0.423. The molecule has 0 amide bonds. The van der Waals surface area contributed by atoms with Crippen LogP contribution in [0.3, 0.4) is 0 Å². The molecule has 3 heterocycles. The van der Waals surface area contributed by atoms with Gasteiger partial charge in [0, 0.05) is 16.1 Å². The second kappa shape index (κ2) is 7.68. The molecule has 0 saturated heterocycles. The number of aromatic nitrogens is 6. The van der Waals surface area contributed by atoms with E-state index in [1.54, 1.807) is 22.9 Å². The molecule has 0 radical (unpaired) electrons. The van der Waals surface area contributed by atoms with Crippen molar-refractivity contribution >= 4 is 34.8 Å². The van der Waals surface area contributed by atoms with Gasteiger partial charge in [0.2, 0.25) is 5.95 Å². The van der Waals surface area contributed by atoms with Crippen LogP contribution in [0.5, 0.6) is 5.75 Å². The van der Waals surface area contributed by atoms with Crippen molar-refractivity contribution in [2.45, 2.75) is 13.0 Å². The van der Waals surface area contributed by atoms with Crippen LogP contribution in [0.15, 0.2) is 47.3 Å². The van der Waals surface area contributed by atoms with E-state index in [0.717, 1.165) is 11.3 Å². The highest BCUT2D eigenvalue weighted by atomic mass is 35.5. The molecule has 1 aliphatic heterocycles. The van der Waals surface area contributed by atoms with Gasteiger partial charge in [0.05, 0.1) is 11.6 Å². The Morgan fingerprint density at radius 3 is 2.71 bits per heavy atom. The highest BCUT2D eigenvalue weighted by Gasteiger charge is 2.34. The second-order valence-corrected chi connectivity index (χ2v) is 7.63. The lowest BCUT2D eigenvalue weighted by Crippen LogP contribution is -2.29. The van der Waals surface area contributed by atoms with E-state index in [2.05, 4.69) is 31.0 Å². The number of aromatic amines is 1. The second-order valence-electron chi connectivity index (χ2n) is 6.79. The number of anilines is 2. The predicted molar refractivity (Wildman–Crippen MR) is 116 cm³/mol. The van der Waals surface area contributed by atoms with Gasteiger partial charge in [-0.15, -0.1) is 0 Å². The van der Waals surface area contributed by atoms with Crippen molar-refractivity contribution in [1.29, 1.82) is 0 Å². The molecule has 0 bridgehead atoms. The minimum Gasteiger partial charge on any atom is -0.494 e. The van der Waals surface area contributed by atoms with Gasteiger partial charge in [-0.3, -0.25) is 4.79 Å². The highest BCUT2D eigenvalue weighted by Crippen LogP contribution is 2.43. The van der Waals surface area contributed by atoms with Crippen molar-refractivity contribution in [3.8, 4) is 17.0 Å². The molecule has 2 aromatic heterocycles. The van der Waals surface area contributed by atoms with Gasteiger partial charge in [-0.1, -0.05) is 40.4 Å². The van der Waals surface area contributed by atoms with Crippen molar-refractivity contribution in [2.75, 3.05) is 11.9 Å². The van der Waals surface area contributed by atoms with Crippen LogP contribution in [-0.4, -0.2) is 37.0 Å². The van der Waals surface area contributed by atoms with Gasteiger partial charge < -0.3 is 10.1 Å². The summed E-state index contributed by atoms with van der Waals surface area (Å²) in [7, 11) is 0. The molecular formula is C20H15Cl2N7O2. The number of ether oxygens (including phenoxy) is 1. The lowest BCUT2D eigenvalue weighted by Gasteiger charge is -2.28. The number of nitrogens with one attached hydrogen (secondary N) is 2. The third-order valence-electron chi connectivity index (χ3n) is 4.96. The third kappa shape index (κ3) is 3.31. The maximum atomic E-state index is 12.7. The molecule has 0 unspecified atom stereocenters. The molecule has 2 aromatic carbocycles. The first-order valence-electron chi connectivity index (χ1n) is 9.42. The minimum atomic E-state index is -0.520. The SMILES string of the molecule is CCOc1ccc([C@@H]2c3c(-c4ccc(Cl)cc4Cl)n[nH]c(=O)c3Nc3nnnn32)cc1. The number of tetrazole rings is 1. The van der Waals surface area contributed by atoms with Crippen LogP contribution in [0, 0.1) is 0 Å². The molecule has 0 saturated carbocycles. The summed E-state index contributed by atoms with van der Waals surface area (Å²) in [6.45, 7) is 2.48. The number of rotatable bonds is 4. The van der Waals surface area contributed by atoms with Crippen LogP contribution in [0.4, 0.5) is 11.6 Å². The van der Waals surface area contributed by atoms with Crippen molar-refractivity contribution in [3.05, 3.63) is 74.0 Å². The van der Waals surface area contributed by atoms with Crippen LogP contribution in [-0.2, 0) is 0 Å². The van der Waals surface area contributed by atoms with E-state index in [1.165, 1.54) is 0 Å². The zero-order valence-electron chi connectivity index (χ0n) is 16.1. The number of benzene rings is 2. The molecule has 9 nitrogen and oxygen atoms in total. The largest absolute Gasteiger partial charge is 0.494 e. The van der Waals surface area contributed by atoms with E-state index in [0.29, 0.717) is 45.1 Å². The molecule has 1 atom stereocenters. The summed E-state index contributed by atoms with van der Waals surface area (Å²) < 4.78 is 7.16. The average Bonchev–Trinajstić information content (AvgIpc) is 3.23. The van der Waals surface area contributed by atoms with E-state index in [1.807, 2.05) is 31.2 Å². The highest BCUT2D eigenvalue weighted by molar-refractivity contribution is 6.36. The van der Waals surface area contributed by atoms with Gasteiger partial charge in [0.25, 0.3) is 5.56 Å². The fourth-order valence-electron chi connectivity index (χ4n) is 3.65. The molecule has 5 rings (SSSR count). The van der Waals surface area contributed by atoms with Crippen LogP contribution in [0.2, 0.25) is 10.0 Å². The fraction of sp³-hybridized carbons (Fsp3) is 0.150. The van der Waals surface area contributed by atoms with Crippen molar-refractivity contribution in [1.82, 2.24) is 30.4 Å². The summed E-state index contributed by atoms with van der Waals surface area (Å²) in [6, 6.07) is 12.1. The Kier molecular flexibility index (Phi) is 4.84. The summed E-state index contributed by atoms with van der Waals surface area (Å²) >= 11 is 12.5. The van der Waals surface area contributed by atoms with Gasteiger partial charge in [-0.25, -0.2) is 5.10 Å². The monoisotopic (exact) mass is 455 g/mol. The standard InChI is InChI=1S/C20H15Cl2N7O2/c1-2-31-12-6-3-10(4-7-12)18-15-16(13-8-5-11(21)9-14(13)22)24-25-19(30)17(15)23-20-26-27-28-29(18)20/h3-9,18H,2H2,1H3,(H,25,30)(H,23,26,28)/t18-/m1/s1. The Balaban J connectivity index is 1.76. The maximum Gasteiger partial charge on any atom is 0.288 e. The van der Waals surface area contributed by atoms with Crippen molar-refractivity contribution in [2.24, 2.45) is 0 Å². The molecule has 0 spiro atoms. The molecule has 0 fully saturated rings. The summed E-state index contributed by atoms with van der Waals surface area (Å²) in [5, 5.41) is 22.7. The number of nitrogens with zero attached hydrogens (tertiary/aromatic N) is 5. The first-order valence-corrected chi connectivity index (χ1v) is 10.2. The summed E-state index contributed by atoms with van der Waals surface area (Å²) in [6.07, 6.45) is 0. The van der Waals surface area contributed by atoms with Gasteiger partial charge in [-0.2, -0.15) is 9.78 Å². The summed E-state index contributed by atoms with van der Waals surface area (Å²) in [4.78, 5) is 12.7. The van der Waals surface area contributed by atoms with Crippen molar-refractivity contribution in [3.63, 3.8) is 0 Å². The van der Waals surface area contributed by atoms with Gasteiger partial charge in [0.1, 0.15) is 23.2 Å². The Bertz CT molecular complexity index is 1330. The maximum absolute atomic E-state index is 12.7. The van der Waals surface area contributed by atoms with Crippen molar-refractivity contribution < 1.29 is 4.74 Å². The van der Waals surface area contributed by atoms with Gasteiger partial charge in [-0.05, 0) is 53.2 Å². The number of hydrogen-bond acceptors (Lipinski definition) is 7. The molecule has 31 heavy (non-hydrogen) atoms. The zero-order chi connectivity index (χ0) is 21.5. The molecule has 1 aliphatic rings. The van der Waals surface area contributed by atoms with Crippen LogP contribution < -0.4 is 15.6 Å². The Morgan fingerprint density at radius 2 is 1.97 bits per heavy atom. The number of hydrogen-bond donors (Lipinski definition) is 2. The average molecular weight is 456 g/mol. The minimum absolute atomic E-state index is 0.303.